The Hall–Kier alpha value is -1.46. The highest BCUT2D eigenvalue weighted by molar-refractivity contribution is 5.77. The van der Waals surface area contributed by atoms with Crippen molar-refractivity contribution in [1.82, 2.24) is 10.3 Å². The van der Waals surface area contributed by atoms with Crippen molar-refractivity contribution in [3.8, 4) is 0 Å². The Balaban J connectivity index is 2.32. The lowest BCUT2D eigenvalue weighted by Crippen LogP contribution is -2.56. The monoisotopic (exact) mass is 222 g/mol. The molecule has 1 unspecified atom stereocenters. The smallest absolute Gasteiger partial charge is 0.316 e. The van der Waals surface area contributed by atoms with Gasteiger partial charge in [-0.3, -0.25) is 9.78 Å². The van der Waals surface area contributed by atoms with Crippen LogP contribution in [-0.2, 0) is 9.53 Å². The zero-order chi connectivity index (χ0) is 11.6. The van der Waals surface area contributed by atoms with Crippen LogP contribution >= 0.6 is 0 Å². The molecule has 0 amide bonds. The summed E-state index contributed by atoms with van der Waals surface area (Å²) in [6, 6.07) is 5.16. The molecular weight excluding hydrogens is 208 g/mol. The minimum Gasteiger partial charge on any atom is -0.481 e. The number of carboxylic acids is 1. The fourth-order valence-electron chi connectivity index (χ4n) is 1.99. The number of hydrogen-bond acceptors (Lipinski definition) is 4. The molecule has 2 heterocycles. The largest absolute Gasteiger partial charge is 0.481 e. The Bertz CT molecular complexity index is 376. The molecule has 5 nitrogen and oxygen atoms in total. The average Bonchev–Trinajstić information content (AvgIpc) is 2.23. The number of aliphatic carboxylic acids is 1. The first-order valence-electron chi connectivity index (χ1n) is 5.10. The highest BCUT2D eigenvalue weighted by Crippen LogP contribution is 2.39. The fraction of sp³-hybridized carbons (Fsp3) is 0.455. The molecule has 1 saturated heterocycles. The second-order valence-corrected chi connectivity index (χ2v) is 3.93. The molecule has 0 bridgehead atoms. The van der Waals surface area contributed by atoms with Crippen LogP contribution in [0.3, 0.4) is 0 Å². The van der Waals surface area contributed by atoms with Gasteiger partial charge in [0.15, 0.2) is 0 Å². The summed E-state index contributed by atoms with van der Waals surface area (Å²) < 4.78 is 5.06. The van der Waals surface area contributed by atoms with E-state index in [0.717, 1.165) is 5.69 Å². The van der Waals surface area contributed by atoms with E-state index in [9.17, 15) is 9.90 Å². The summed E-state index contributed by atoms with van der Waals surface area (Å²) in [6.45, 7) is 0.453. The Morgan fingerprint density at radius 3 is 2.75 bits per heavy atom. The molecule has 1 aliphatic heterocycles. The van der Waals surface area contributed by atoms with Gasteiger partial charge in [-0.25, -0.2) is 0 Å². The maximum Gasteiger partial charge on any atom is 0.316 e. The molecular formula is C11H14N2O3. The van der Waals surface area contributed by atoms with Gasteiger partial charge in [0.25, 0.3) is 0 Å². The van der Waals surface area contributed by atoms with Crippen molar-refractivity contribution in [2.75, 3.05) is 20.3 Å². The third-order valence-electron chi connectivity index (χ3n) is 2.97. The second-order valence-electron chi connectivity index (χ2n) is 3.93. The van der Waals surface area contributed by atoms with Gasteiger partial charge in [-0.05, 0) is 19.2 Å². The van der Waals surface area contributed by atoms with E-state index in [0.29, 0.717) is 0 Å². The molecule has 0 aliphatic carbocycles. The maximum atomic E-state index is 11.3. The van der Waals surface area contributed by atoms with Crippen LogP contribution in [0.25, 0.3) is 0 Å². The number of pyridine rings is 1. The summed E-state index contributed by atoms with van der Waals surface area (Å²) in [7, 11) is 1.74. The van der Waals surface area contributed by atoms with E-state index in [1.165, 1.54) is 0 Å². The molecule has 0 saturated carbocycles. The lowest BCUT2D eigenvalue weighted by molar-refractivity contribution is -0.187. The summed E-state index contributed by atoms with van der Waals surface area (Å²) in [5.74, 6) is -0.844. The Morgan fingerprint density at radius 1 is 1.62 bits per heavy atom. The SMILES string of the molecule is CNC(c1ccccn1)C1(C(=O)O)COC1. The van der Waals surface area contributed by atoms with Crippen molar-refractivity contribution in [3.05, 3.63) is 30.1 Å². The first-order valence-corrected chi connectivity index (χ1v) is 5.10. The van der Waals surface area contributed by atoms with Crippen molar-refractivity contribution >= 4 is 5.97 Å². The molecule has 1 atom stereocenters. The van der Waals surface area contributed by atoms with E-state index in [2.05, 4.69) is 10.3 Å². The third-order valence-corrected chi connectivity index (χ3v) is 2.97. The van der Waals surface area contributed by atoms with E-state index >= 15 is 0 Å². The standard InChI is InChI=1S/C11H14N2O3/c1-12-9(8-4-2-3-5-13-8)11(10(14)15)6-16-7-11/h2-5,9,12H,6-7H2,1H3,(H,14,15). The lowest BCUT2D eigenvalue weighted by Gasteiger charge is -2.42. The van der Waals surface area contributed by atoms with E-state index in [1.807, 2.05) is 12.1 Å². The van der Waals surface area contributed by atoms with Crippen molar-refractivity contribution < 1.29 is 14.6 Å². The Morgan fingerprint density at radius 2 is 2.38 bits per heavy atom. The van der Waals surface area contributed by atoms with Gasteiger partial charge < -0.3 is 15.2 Å². The number of nitrogens with zero attached hydrogens (tertiary/aromatic N) is 1. The quantitative estimate of drug-likeness (QED) is 0.773. The number of rotatable bonds is 4. The van der Waals surface area contributed by atoms with Crippen LogP contribution in [-0.4, -0.2) is 36.3 Å². The zero-order valence-corrected chi connectivity index (χ0v) is 9.01. The lowest BCUT2D eigenvalue weighted by atomic mass is 9.76. The highest BCUT2D eigenvalue weighted by Gasteiger charge is 2.53. The summed E-state index contributed by atoms with van der Waals surface area (Å²) in [6.07, 6.45) is 1.66. The molecule has 1 fully saturated rings. The van der Waals surface area contributed by atoms with Crippen molar-refractivity contribution in [1.29, 1.82) is 0 Å². The topological polar surface area (TPSA) is 71.5 Å². The molecule has 1 aliphatic rings. The zero-order valence-electron chi connectivity index (χ0n) is 9.01. The van der Waals surface area contributed by atoms with Gasteiger partial charge in [0.05, 0.1) is 24.9 Å². The van der Waals surface area contributed by atoms with Gasteiger partial charge in [0.2, 0.25) is 0 Å². The van der Waals surface area contributed by atoms with Crippen LogP contribution in [0.2, 0.25) is 0 Å². The molecule has 16 heavy (non-hydrogen) atoms. The number of hydrogen-bond donors (Lipinski definition) is 2. The average molecular weight is 222 g/mol. The molecule has 0 radical (unpaired) electrons. The summed E-state index contributed by atoms with van der Waals surface area (Å²) >= 11 is 0. The number of aromatic nitrogens is 1. The van der Waals surface area contributed by atoms with Gasteiger partial charge >= 0.3 is 5.97 Å². The number of nitrogens with one attached hydrogen (secondary N) is 1. The van der Waals surface area contributed by atoms with E-state index < -0.39 is 11.4 Å². The van der Waals surface area contributed by atoms with Crippen LogP contribution in [0, 0.1) is 5.41 Å². The Kier molecular flexibility index (Phi) is 2.89. The molecule has 1 aromatic heterocycles. The first kappa shape index (κ1) is 11.0. The van der Waals surface area contributed by atoms with Crippen LogP contribution in [0.5, 0.6) is 0 Å². The molecule has 2 N–H and O–H groups in total. The van der Waals surface area contributed by atoms with Gasteiger partial charge in [-0.15, -0.1) is 0 Å². The highest BCUT2D eigenvalue weighted by atomic mass is 16.5. The van der Waals surface area contributed by atoms with E-state index in [1.54, 1.807) is 19.3 Å². The third kappa shape index (κ3) is 1.58. The minimum absolute atomic E-state index is 0.227. The second kappa shape index (κ2) is 4.19. The molecule has 0 aromatic carbocycles. The van der Waals surface area contributed by atoms with Gasteiger partial charge in [-0.1, -0.05) is 6.07 Å². The van der Waals surface area contributed by atoms with Crippen LogP contribution in [0.1, 0.15) is 11.7 Å². The molecule has 1 aromatic rings. The predicted molar refractivity (Wildman–Crippen MR) is 56.9 cm³/mol. The van der Waals surface area contributed by atoms with Gasteiger partial charge in [0.1, 0.15) is 5.41 Å². The van der Waals surface area contributed by atoms with Crippen LogP contribution in [0.4, 0.5) is 0 Å². The molecule has 86 valence electrons. The summed E-state index contributed by atoms with van der Waals surface area (Å²) in [5.41, 5.74) is -0.154. The number of carbonyl (C=O) groups is 1. The predicted octanol–water partition coefficient (Wildman–Crippen LogP) is 0.443. The van der Waals surface area contributed by atoms with Crippen molar-refractivity contribution in [2.24, 2.45) is 5.41 Å². The minimum atomic E-state index is -0.886. The molecule has 0 spiro atoms. The normalized spacial score (nSPS) is 19.8. The van der Waals surface area contributed by atoms with Crippen LogP contribution in [0.15, 0.2) is 24.4 Å². The maximum absolute atomic E-state index is 11.3. The first-order chi connectivity index (χ1) is 7.70. The van der Waals surface area contributed by atoms with Crippen molar-refractivity contribution in [2.45, 2.75) is 6.04 Å². The number of ether oxygens (including phenoxy) is 1. The van der Waals surface area contributed by atoms with E-state index in [4.69, 9.17) is 4.74 Å². The molecule has 2 rings (SSSR count). The fourth-order valence-corrected chi connectivity index (χ4v) is 1.99. The van der Waals surface area contributed by atoms with Gasteiger partial charge in [-0.2, -0.15) is 0 Å². The Labute approximate surface area is 93.5 Å². The summed E-state index contributed by atoms with van der Waals surface area (Å²) in [5, 5.41) is 12.3. The van der Waals surface area contributed by atoms with Crippen molar-refractivity contribution in [3.63, 3.8) is 0 Å². The summed E-state index contributed by atoms with van der Waals surface area (Å²) in [4.78, 5) is 15.5. The van der Waals surface area contributed by atoms with E-state index in [-0.39, 0.29) is 19.3 Å². The van der Waals surface area contributed by atoms with Gasteiger partial charge in [0, 0.05) is 6.20 Å². The van der Waals surface area contributed by atoms with Crippen LogP contribution < -0.4 is 5.32 Å². The number of carboxylic acid groups (broad SMARTS) is 1. The molecule has 5 heteroatoms.